The van der Waals surface area contributed by atoms with Gasteiger partial charge in [-0.2, -0.15) is 0 Å². The molecule has 134 valence electrons. The van der Waals surface area contributed by atoms with E-state index in [1.54, 1.807) is 18.8 Å². The van der Waals surface area contributed by atoms with E-state index in [1.807, 2.05) is 0 Å². The SMILES string of the molecule is C[C](C)=[Ti+2]([C]1=CC=CC1)[CH]1c2cc(C)ccc2-c2ccc(C)cc21.[Cl-].[Cl-]. The van der Waals surface area contributed by atoms with E-state index in [-0.39, 0.29) is 24.8 Å². The third kappa shape index (κ3) is 3.58. The van der Waals surface area contributed by atoms with Gasteiger partial charge in [-0.3, -0.25) is 0 Å². The molecule has 3 heteroatoms. The van der Waals surface area contributed by atoms with Crippen molar-refractivity contribution in [3.63, 3.8) is 0 Å². The minimum atomic E-state index is -1.55. The molecule has 0 spiro atoms. The van der Waals surface area contributed by atoms with Crippen molar-refractivity contribution in [3.8, 4) is 11.1 Å². The van der Waals surface area contributed by atoms with Crippen LogP contribution in [0.25, 0.3) is 11.1 Å². The van der Waals surface area contributed by atoms with E-state index in [9.17, 15) is 0 Å². The van der Waals surface area contributed by atoms with E-state index in [0.29, 0.717) is 4.22 Å². The molecule has 2 aliphatic rings. The summed E-state index contributed by atoms with van der Waals surface area (Å²) in [5, 5.41) is 0. The van der Waals surface area contributed by atoms with Crippen LogP contribution in [0.5, 0.6) is 0 Å². The Balaban J connectivity index is 0.00000121. The molecular weight excluding hydrogens is 395 g/mol. The van der Waals surface area contributed by atoms with E-state index >= 15 is 0 Å². The van der Waals surface area contributed by atoms with Crippen molar-refractivity contribution in [3.05, 3.63) is 80.8 Å². The number of rotatable bonds is 2. The summed E-state index contributed by atoms with van der Waals surface area (Å²) in [6, 6.07) is 14.1. The molecule has 2 aliphatic carbocycles. The van der Waals surface area contributed by atoms with Crippen LogP contribution in [0, 0.1) is 13.8 Å². The van der Waals surface area contributed by atoms with E-state index in [0.717, 1.165) is 0 Å². The molecule has 0 aromatic heterocycles. The van der Waals surface area contributed by atoms with Gasteiger partial charge in [-0.15, -0.1) is 0 Å². The van der Waals surface area contributed by atoms with Crippen molar-refractivity contribution < 1.29 is 42.2 Å². The number of benzene rings is 2. The van der Waals surface area contributed by atoms with Crippen LogP contribution in [0.2, 0.25) is 0 Å². The molecule has 0 saturated heterocycles. The zero-order chi connectivity index (χ0) is 16.8. The molecule has 0 radical (unpaired) electrons. The van der Waals surface area contributed by atoms with Gasteiger partial charge in [0.25, 0.3) is 0 Å². The fourth-order valence-electron chi connectivity index (χ4n) is 4.25. The van der Waals surface area contributed by atoms with Crippen LogP contribution in [-0.4, -0.2) is 3.81 Å². The number of hydrogen-bond donors (Lipinski definition) is 0. The predicted octanol–water partition coefficient (Wildman–Crippen LogP) is 0.0554. The van der Waals surface area contributed by atoms with Crippen molar-refractivity contribution in [2.45, 2.75) is 38.3 Å². The number of aryl methyl sites for hydroxylation is 2. The summed E-state index contributed by atoms with van der Waals surface area (Å²) in [6.07, 6.45) is 8.16. The zero-order valence-corrected chi connectivity index (χ0v) is 18.8. The Labute approximate surface area is 175 Å². The van der Waals surface area contributed by atoms with Crippen LogP contribution in [0.15, 0.2) is 58.5 Å². The molecular formula is C23H24Cl2Ti. The fourth-order valence-corrected chi connectivity index (χ4v) is 9.41. The number of hydrogen-bond acceptors (Lipinski definition) is 0. The molecule has 0 nitrogen and oxygen atoms in total. The summed E-state index contributed by atoms with van der Waals surface area (Å²) < 4.78 is 4.02. The molecule has 0 bridgehead atoms. The number of halogens is 2. The first kappa shape index (κ1) is 21.4. The van der Waals surface area contributed by atoms with E-state index in [1.165, 1.54) is 28.7 Å². The Kier molecular flexibility index (Phi) is 6.91. The Hall–Kier alpha value is -0.916. The van der Waals surface area contributed by atoms with Crippen LogP contribution < -0.4 is 24.8 Å². The maximum Gasteiger partial charge on any atom is -1.00 e. The first-order chi connectivity index (χ1) is 11.6. The van der Waals surface area contributed by atoms with Gasteiger partial charge >= 0.3 is 151 Å². The normalized spacial score (nSPS) is 13.7. The predicted molar refractivity (Wildman–Crippen MR) is 101 cm³/mol. The summed E-state index contributed by atoms with van der Waals surface area (Å²) in [5.74, 6) is 0. The molecule has 26 heavy (non-hydrogen) atoms. The second-order valence-electron chi connectivity index (χ2n) is 7.35. The van der Waals surface area contributed by atoms with E-state index in [4.69, 9.17) is 0 Å². The first-order valence-corrected chi connectivity index (χ1v) is 11.3. The smallest absolute Gasteiger partial charge is 1.00 e. The minimum absolute atomic E-state index is 0. The maximum atomic E-state index is 2.45. The van der Waals surface area contributed by atoms with Crippen LogP contribution in [0.3, 0.4) is 0 Å². The van der Waals surface area contributed by atoms with Gasteiger partial charge in [0.15, 0.2) is 0 Å². The van der Waals surface area contributed by atoms with Gasteiger partial charge in [0.05, 0.1) is 0 Å². The van der Waals surface area contributed by atoms with Gasteiger partial charge in [0.1, 0.15) is 0 Å². The van der Waals surface area contributed by atoms with Gasteiger partial charge < -0.3 is 24.8 Å². The van der Waals surface area contributed by atoms with Crippen molar-refractivity contribution in [1.82, 2.24) is 0 Å². The molecule has 2 aromatic rings. The monoisotopic (exact) mass is 418 g/mol. The van der Waals surface area contributed by atoms with Crippen molar-refractivity contribution in [2.75, 3.05) is 0 Å². The summed E-state index contributed by atoms with van der Waals surface area (Å²) in [7, 11) is 0. The maximum absolute atomic E-state index is 2.45. The topological polar surface area (TPSA) is 0 Å². The van der Waals surface area contributed by atoms with Crippen LogP contribution in [0.4, 0.5) is 0 Å². The Morgan fingerprint density at radius 2 is 1.42 bits per heavy atom. The summed E-state index contributed by atoms with van der Waals surface area (Å²) in [5.41, 5.74) is 8.87. The van der Waals surface area contributed by atoms with E-state index in [2.05, 4.69) is 82.3 Å². The fraction of sp³-hybridized carbons (Fsp3) is 0.261. The Morgan fingerprint density at radius 3 is 1.85 bits per heavy atom. The second-order valence-corrected chi connectivity index (χ2v) is 12.1. The molecule has 0 atom stereocenters. The molecule has 0 saturated carbocycles. The quantitative estimate of drug-likeness (QED) is 0.605. The molecule has 0 fully saturated rings. The van der Waals surface area contributed by atoms with Gasteiger partial charge in [-0.05, 0) is 0 Å². The summed E-state index contributed by atoms with van der Waals surface area (Å²) in [4.78, 5) is 0. The van der Waals surface area contributed by atoms with Crippen molar-refractivity contribution in [2.24, 2.45) is 0 Å². The number of fused-ring (bicyclic) bond motifs is 3. The molecule has 0 heterocycles. The van der Waals surface area contributed by atoms with Gasteiger partial charge in [-0.1, -0.05) is 0 Å². The van der Waals surface area contributed by atoms with Gasteiger partial charge in [0.2, 0.25) is 0 Å². The molecule has 0 amide bonds. The van der Waals surface area contributed by atoms with Gasteiger partial charge in [0, 0.05) is 0 Å². The molecule has 0 N–H and O–H groups in total. The van der Waals surface area contributed by atoms with Crippen molar-refractivity contribution in [1.29, 1.82) is 0 Å². The van der Waals surface area contributed by atoms with Crippen LogP contribution in [-0.2, 0) is 17.4 Å². The largest absolute Gasteiger partial charge is 1.00 e. The third-order valence-corrected chi connectivity index (χ3v) is 10.5. The zero-order valence-electron chi connectivity index (χ0n) is 15.7. The third-order valence-electron chi connectivity index (χ3n) is 5.27. The summed E-state index contributed by atoms with van der Waals surface area (Å²) >= 11 is -1.55. The van der Waals surface area contributed by atoms with Crippen LogP contribution >= 0.6 is 0 Å². The minimum Gasteiger partial charge on any atom is -1.00 e. The second kappa shape index (κ2) is 8.40. The summed E-state index contributed by atoms with van der Waals surface area (Å²) in [6.45, 7) is 9.20. The van der Waals surface area contributed by atoms with Crippen LogP contribution in [0.1, 0.15) is 46.7 Å². The number of allylic oxidation sites excluding steroid dienone is 4. The molecule has 2 aromatic carbocycles. The standard InChI is InChI=1S/C15H13.C5H5.C3H6.2ClH.Ti/c1-10-3-5-14-12(7-10)9-13-8-11(2)4-6-15(13)14;1-2-4-5-3-1;1-3-2;;;/h3-9H,1-2H3;1-3H,4H2;1-2H3;2*1H;/q;;;;;+2/p-2. The van der Waals surface area contributed by atoms with Crippen molar-refractivity contribution >= 4 is 3.81 Å². The molecule has 0 aliphatic heterocycles. The van der Waals surface area contributed by atoms with Gasteiger partial charge in [-0.25, -0.2) is 0 Å². The average molecular weight is 419 g/mol. The van der Waals surface area contributed by atoms with E-state index < -0.39 is 17.4 Å². The average Bonchev–Trinajstić information content (AvgIpc) is 3.15. The first-order valence-electron chi connectivity index (χ1n) is 8.81. The molecule has 4 rings (SSSR count). The Morgan fingerprint density at radius 1 is 0.885 bits per heavy atom. The molecule has 0 unspecified atom stereocenters. The Bertz CT molecular complexity index is 880.